The Morgan fingerprint density at radius 1 is 1.33 bits per heavy atom. The van der Waals surface area contributed by atoms with Crippen molar-refractivity contribution in [1.82, 2.24) is 14.9 Å². The highest BCUT2D eigenvalue weighted by Gasteiger charge is 2.10. The van der Waals surface area contributed by atoms with Crippen LogP contribution in [0.1, 0.15) is 48.2 Å². The number of rotatable bonds is 4. The molecule has 0 fully saturated rings. The monoisotopic (exact) mass is 325 g/mol. The molecule has 0 spiro atoms. The largest absolute Gasteiger partial charge is 0.352 e. The fourth-order valence-electron chi connectivity index (χ4n) is 3.19. The van der Waals surface area contributed by atoms with Gasteiger partial charge in [0.15, 0.2) is 0 Å². The van der Waals surface area contributed by atoms with Crippen LogP contribution in [0.25, 0.3) is 11.0 Å². The molecule has 0 radical (unpaired) electrons. The first-order chi connectivity index (χ1) is 11.6. The Kier molecular flexibility index (Phi) is 4.79. The summed E-state index contributed by atoms with van der Waals surface area (Å²) < 4.78 is 1.56. The van der Waals surface area contributed by atoms with Crippen molar-refractivity contribution < 1.29 is 4.79 Å². The Balaban J connectivity index is 1.72. The smallest absolute Gasteiger partial charge is 0.272 e. The van der Waals surface area contributed by atoms with E-state index in [0.29, 0.717) is 23.3 Å². The van der Waals surface area contributed by atoms with Crippen molar-refractivity contribution in [3.8, 4) is 0 Å². The van der Waals surface area contributed by atoms with Crippen molar-refractivity contribution in [2.24, 2.45) is 7.05 Å². The average molecular weight is 325 g/mol. The van der Waals surface area contributed by atoms with Crippen LogP contribution in [0.2, 0.25) is 0 Å². The Hall–Kier alpha value is -2.43. The first-order valence-electron chi connectivity index (χ1n) is 8.50. The Labute approximate surface area is 141 Å². The Bertz CT molecular complexity index is 865. The molecule has 1 aromatic carbocycles. The van der Waals surface area contributed by atoms with Crippen molar-refractivity contribution in [3.63, 3.8) is 0 Å². The molecule has 0 aliphatic heterocycles. The number of amides is 1. The van der Waals surface area contributed by atoms with E-state index in [-0.39, 0.29) is 11.5 Å². The van der Waals surface area contributed by atoms with Crippen molar-refractivity contribution >= 4 is 16.9 Å². The number of aryl methyl sites for hydroxylation is 2. The van der Waals surface area contributed by atoms with Crippen molar-refractivity contribution in [1.29, 1.82) is 0 Å². The molecule has 0 bridgehead atoms. The number of fused-ring (bicyclic) bond motifs is 1. The molecule has 3 rings (SSSR count). The van der Waals surface area contributed by atoms with E-state index < -0.39 is 0 Å². The van der Waals surface area contributed by atoms with E-state index in [0.717, 1.165) is 24.8 Å². The van der Waals surface area contributed by atoms with Crippen LogP contribution in [0.15, 0.2) is 34.6 Å². The number of nitrogens with zero attached hydrogens (tertiary/aromatic N) is 2. The number of carbonyl (C=O) groups excluding carboxylic acids is 1. The minimum absolute atomic E-state index is 0.0957. The molecule has 0 atom stereocenters. The summed E-state index contributed by atoms with van der Waals surface area (Å²) in [7, 11) is 1.72. The van der Waals surface area contributed by atoms with E-state index >= 15 is 0 Å². The number of hydrogen-bond donors (Lipinski definition) is 1. The van der Waals surface area contributed by atoms with Gasteiger partial charge in [0.25, 0.3) is 11.5 Å². The van der Waals surface area contributed by atoms with Crippen LogP contribution in [-0.4, -0.2) is 22.0 Å². The minimum Gasteiger partial charge on any atom is -0.352 e. The van der Waals surface area contributed by atoms with Crippen molar-refractivity contribution in [3.05, 3.63) is 51.5 Å². The molecule has 24 heavy (non-hydrogen) atoms. The van der Waals surface area contributed by atoms with Gasteiger partial charge in [0, 0.05) is 19.2 Å². The summed E-state index contributed by atoms with van der Waals surface area (Å²) in [6.45, 7) is 2.34. The molecule has 1 amide bonds. The molecular weight excluding hydrogens is 302 g/mol. The normalized spacial score (nSPS) is 14.5. The summed E-state index contributed by atoms with van der Waals surface area (Å²) >= 11 is 0. The van der Waals surface area contributed by atoms with Crippen molar-refractivity contribution in [2.45, 2.75) is 39.0 Å². The number of aromatic nitrogens is 2. The Morgan fingerprint density at radius 3 is 2.92 bits per heavy atom. The molecule has 5 heteroatoms. The van der Waals surface area contributed by atoms with Gasteiger partial charge in [-0.1, -0.05) is 11.6 Å². The summed E-state index contributed by atoms with van der Waals surface area (Å²) in [5.41, 5.74) is 3.75. The highest BCUT2D eigenvalue weighted by atomic mass is 16.1. The molecule has 1 aliphatic rings. The van der Waals surface area contributed by atoms with Gasteiger partial charge in [0.2, 0.25) is 0 Å². The number of hydrogen-bond acceptors (Lipinski definition) is 3. The maximum absolute atomic E-state index is 12.3. The van der Waals surface area contributed by atoms with E-state index in [1.807, 2.05) is 0 Å². The van der Waals surface area contributed by atoms with Gasteiger partial charge < -0.3 is 9.88 Å². The lowest BCUT2D eigenvalue weighted by molar-refractivity contribution is 0.0954. The van der Waals surface area contributed by atoms with Gasteiger partial charge in [-0.15, -0.1) is 0 Å². The van der Waals surface area contributed by atoms with E-state index in [2.05, 4.69) is 16.4 Å². The second-order valence-electron chi connectivity index (χ2n) is 6.38. The van der Waals surface area contributed by atoms with Gasteiger partial charge in [-0.2, -0.15) is 0 Å². The Morgan fingerprint density at radius 2 is 2.17 bits per heavy atom. The summed E-state index contributed by atoms with van der Waals surface area (Å²) in [6.07, 6.45) is 8.08. The quantitative estimate of drug-likeness (QED) is 0.879. The zero-order chi connectivity index (χ0) is 17.1. The van der Waals surface area contributed by atoms with Gasteiger partial charge in [0.05, 0.1) is 11.0 Å². The zero-order valence-electron chi connectivity index (χ0n) is 14.3. The van der Waals surface area contributed by atoms with E-state index in [1.165, 1.54) is 18.4 Å². The molecule has 0 saturated carbocycles. The summed E-state index contributed by atoms with van der Waals surface area (Å²) in [6, 6.07) is 5.27. The van der Waals surface area contributed by atoms with Crippen LogP contribution in [0.4, 0.5) is 0 Å². The average Bonchev–Trinajstić information content (AvgIpc) is 2.60. The zero-order valence-corrected chi connectivity index (χ0v) is 14.3. The first kappa shape index (κ1) is 16.4. The van der Waals surface area contributed by atoms with E-state index in [4.69, 9.17) is 0 Å². The van der Waals surface area contributed by atoms with Gasteiger partial charge in [-0.3, -0.25) is 9.59 Å². The van der Waals surface area contributed by atoms with Gasteiger partial charge >= 0.3 is 0 Å². The highest BCUT2D eigenvalue weighted by molar-refractivity contribution is 5.97. The summed E-state index contributed by atoms with van der Waals surface area (Å²) in [5, 5.41) is 2.98. The lowest BCUT2D eigenvalue weighted by Crippen LogP contribution is -2.25. The number of nitrogens with one attached hydrogen (secondary N) is 1. The van der Waals surface area contributed by atoms with Crippen LogP contribution in [-0.2, 0) is 7.05 Å². The second-order valence-corrected chi connectivity index (χ2v) is 6.38. The van der Waals surface area contributed by atoms with E-state index in [9.17, 15) is 9.59 Å². The van der Waals surface area contributed by atoms with Crippen LogP contribution in [0.5, 0.6) is 0 Å². The fraction of sp³-hybridized carbons (Fsp3) is 0.421. The third kappa shape index (κ3) is 3.40. The molecule has 1 aromatic heterocycles. The van der Waals surface area contributed by atoms with E-state index in [1.54, 1.807) is 36.7 Å². The minimum atomic E-state index is -0.111. The van der Waals surface area contributed by atoms with Gasteiger partial charge in [0.1, 0.15) is 5.69 Å². The molecule has 1 N–H and O–H groups in total. The van der Waals surface area contributed by atoms with Gasteiger partial charge in [-0.05, 0) is 57.2 Å². The molecule has 1 aliphatic carbocycles. The molecular formula is C19H23N3O2. The number of benzene rings is 1. The third-order valence-electron chi connectivity index (χ3n) is 4.62. The molecule has 0 unspecified atom stereocenters. The van der Waals surface area contributed by atoms with Crippen LogP contribution in [0.3, 0.4) is 0 Å². The van der Waals surface area contributed by atoms with Crippen LogP contribution >= 0.6 is 0 Å². The maximum atomic E-state index is 12.3. The molecule has 2 aromatic rings. The fourth-order valence-corrected chi connectivity index (χ4v) is 3.19. The number of carbonyl (C=O) groups is 1. The maximum Gasteiger partial charge on any atom is 0.272 e. The summed E-state index contributed by atoms with van der Waals surface area (Å²) in [4.78, 5) is 28.6. The molecule has 1 heterocycles. The first-order valence-corrected chi connectivity index (χ1v) is 8.50. The third-order valence-corrected chi connectivity index (χ3v) is 4.62. The SMILES string of the molecule is Cc1nc2cc(C(=O)NCCC3=CCCCC3)ccc2n(C)c1=O. The lowest BCUT2D eigenvalue weighted by Gasteiger charge is -2.13. The molecule has 0 saturated heterocycles. The van der Waals surface area contributed by atoms with Gasteiger partial charge in [-0.25, -0.2) is 4.98 Å². The topological polar surface area (TPSA) is 64.0 Å². The number of allylic oxidation sites excluding steroid dienone is 1. The summed E-state index contributed by atoms with van der Waals surface area (Å²) in [5.74, 6) is -0.0957. The standard InChI is InChI=1S/C19H23N3O2/c1-13-19(24)22(2)17-9-8-15(12-16(17)21-13)18(23)20-11-10-14-6-4-3-5-7-14/h6,8-9,12H,3-5,7,10-11H2,1-2H3,(H,20,23). The molecule has 5 nitrogen and oxygen atoms in total. The second kappa shape index (κ2) is 6.99. The predicted molar refractivity (Wildman–Crippen MR) is 95.2 cm³/mol. The van der Waals surface area contributed by atoms with Crippen LogP contribution in [0, 0.1) is 6.92 Å². The predicted octanol–water partition coefficient (Wildman–Crippen LogP) is 2.86. The highest BCUT2D eigenvalue weighted by Crippen LogP contribution is 2.19. The van der Waals surface area contributed by atoms with Crippen LogP contribution < -0.4 is 10.9 Å². The molecule has 126 valence electrons. The lowest BCUT2D eigenvalue weighted by atomic mass is 9.97. The van der Waals surface area contributed by atoms with Crippen molar-refractivity contribution in [2.75, 3.05) is 6.54 Å².